The second-order valence-electron chi connectivity index (χ2n) is 7.93. The third kappa shape index (κ3) is 3.61. The Bertz CT molecular complexity index is 1290. The van der Waals surface area contributed by atoms with Crippen LogP contribution in [0, 0.1) is 12.7 Å². The predicted octanol–water partition coefficient (Wildman–Crippen LogP) is 1.67. The maximum atomic E-state index is 13.2. The number of hydrogen-bond donors (Lipinski definition) is 0. The molecule has 1 saturated heterocycles. The van der Waals surface area contributed by atoms with Crippen LogP contribution in [0.4, 0.5) is 10.3 Å². The monoisotopic (exact) mass is 448 g/mol. The Morgan fingerprint density at radius 3 is 2.26 bits per heavy atom. The first-order chi connectivity index (χ1) is 14.6. The fourth-order valence-electron chi connectivity index (χ4n) is 3.95. The molecule has 0 amide bonds. The molecule has 1 aliphatic rings. The van der Waals surface area contributed by atoms with Crippen LogP contribution in [0.25, 0.3) is 11.0 Å². The molecule has 1 fully saturated rings. The topological polar surface area (TPSA) is 93.3 Å². The predicted molar refractivity (Wildman–Crippen MR) is 115 cm³/mol. The van der Waals surface area contributed by atoms with Gasteiger partial charge in [-0.25, -0.2) is 17.8 Å². The number of fused-ring (bicyclic) bond motifs is 1. The molecule has 0 spiro atoms. The third-order valence-electron chi connectivity index (χ3n) is 5.53. The Labute approximate surface area is 179 Å². The van der Waals surface area contributed by atoms with Gasteiger partial charge in [-0.1, -0.05) is 0 Å². The van der Waals surface area contributed by atoms with E-state index in [-0.39, 0.29) is 29.6 Å². The van der Waals surface area contributed by atoms with E-state index in [1.54, 1.807) is 16.3 Å². The molecule has 0 unspecified atom stereocenters. The highest BCUT2D eigenvalue weighted by Gasteiger charge is 2.31. The molecular formula is C20H25FN6O3S. The lowest BCUT2D eigenvalue weighted by Crippen LogP contribution is -2.50. The minimum atomic E-state index is -3.72. The summed E-state index contributed by atoms with van der Waals surface area (Å²) in [4.78, 5) is 20.0. The summed E-state index contributed by atoms with van der Waals surface area (Å²) < 4.78 is 43.5. The van der Waals surface area contributed by atoms with E-state index >= 15 is 0 Å². The number of hydrogen-bond acceptors (Lipinski definition) is 6. The van der Waals surface area contributed by atoms with Crippen LogP contribution in [-0.4, -0.2) is 58.2 Å². The summed E-state index contributed by atoms with van der Waals surface area (Å²) in [6.07, 6.45) is 0. The van der Waals surface area contributed by atoms with Gasteiger partial charge in [0, 0.05) is 39.3 Å². The van der Waals surface area contributed by atoms with E-state index in [4.69, 9.17) is 4.98 Å². The fraction of sp³-hybridized carbons (Fsp3) is 0.450. The zero-order valence-electron chi connectivity index (χ0n) is 17.9. The minimum Gasteiger partial charge on any atom is -0.339 e. The molecule has 0 aliphatic carbocycles. The van der Waals surface area contributed by atoms with Gasteiger partial charge < -0.3 is 4.90 Å². The number of anilines is 1. The molecule has 31 heavy (non-hydrogen) atoms. The molecule has 1 aromatic carbocycles. The highest BCUT2D eigenvalue weighted by molar-refractivity contribution is 7.89. The van der Waals surface area contributed by atoms with Gasteiger partial charge in [0.2, 0.25) is 16.0 Å². The first-order valence-corrected chi connectivity index (χ1v) is 11.5. The smallest absolute Gasteiger partial charge is 0.281 e. The van der Waals surface area contributed by atoms with Crippen molar-refractivity contribution in [1.82, 2.24) is 23.6 Å². The van der Waals surface area contributed by atoms with E-state index < -0.39 is 15.8 Å². The van der Waals surface area contributed by atoms with Crippen molar-refractivity contribution < 1.29 is 12.8 Å². The summed E-state index contributed by atoms with van der Waals surface area (Å²) in [7, 11) is -2.00. The van der Waals surface area contributed by atoms with Crippen molar-refractivity contribution in [2.24, 2.45) is 7.05 Å². The van der Waals surface area contributed by atoms with Crippen LogP contribution in [0.5, 0.6) is 0 Å². The number of rotatable bonds is 4. The van der Waals surface area contributed by atoms with E-state index in [9.17, 15) is 17.6 Å². The van der Waals surface area contributed by atoms with Gasteiger partial charge in [-0.3, -0.25) is 14.0 Å². The standard InChI is InChI=1S/C20H25FN6O3S/c1-13(2)27-19(28)18-17(14(3)23-24(18)4)22-20(27)25-9-11-26(12-10-25)31(29,30)16-7-5-15(21)6-8-16/h5-8,13H,9-12H2,1-4H3. The number of aromatic nitrogens is 4. The van der Waals surface area contributed by atoms with Crippen LogP contribution in [0.15, 0.2) is 34.0 Å². The van der Waals surface area contributed by atoms with Crippen molar-refractivity contribution in [2.45, 2.75) is 31.7 Å². The largest absolute Gasteiger partial charge is 0.339 e. The Morgan fingerprint density at radius 2 is 1.68 bits per heavy atom. The Kier molecular flexibility index (Phi) is 5.34. The molecule has 9 nitrogen and oxygen atoms in total. The number of nitrogens with zero attached hydrogens (tertiary/aromatic N) is 6. The number of sulfonamides is 1. The van der Waals surface area contributed by atoms with Gasteiger partial charge in [0.1, 0.15) is 11.3 Å². The van der Waals surface area contributed by atoms with Crippen molar-refractivity contribution >= 4 is 27.0 Å². The van der Waals surface area contributed by atoms with Crippen molar-refractivity contribution in [1.29, 1.82) is 0 Å². The summed E-state index contributed by atoms with van der Waals surface area (Å²) >= 11 is 0. The number of halogens is 1. The second-order valence-corrected chi connectivity index (χ2v) is 9.87. The molecule has 3 aromatic rings. The molecule has 0 bridgehead atoms. The maximum absolute atomic E-state index is 13.2. The van der Waals surface area contributed by atoms with Crippen LogP contribution >= 0.6 is 0 Å². The van der Waals surface area contributed by atoms with Gasteiger partial charge in [0.25, 0.3) is 5.56 Å². The van der Waals surface area contributed by atoms with Crippen LogP contribution in [0.2, 0.25) is 0 Å². The molecule has 3 heterocycles. The molecule has 4 rings (SSSR count). The van der Waals surface area contributed by atoms with Crippen LogP contribution < -0.4 is 10.5 Å². The summed E-state index contributed by atoms with van der Waals surface area (Å²) in [5.74, 6) is 0.0324. The average molecular weight is 449 g/mol. The van der Waals surface area contributed by atoms with Crippen LogP contribution in [0.1, 0.15) is 25.6 Å². The van der Waals surface area contributed by atoms with Gasteiger partial charge in [0.15, 0.2) is 5.52 Å². The fourth-order valence-corrected chi connectivity index (χ4v) is 5.37. The molecule has 0 N–H and O–H groups in total. The quantitative estimate of drug-likeness (QED) is 0.603. The molecule has 11 heteroatoms. The van der Waals surface area contributed by atoms with Crippen LogP contribution in [0.3, 0.4) is 0 Å². The summed E-state index contributed by atoms with van der Waals surface area (Å²) in [5.41, 5.74) is 1.51. The zero-order chi connectivity index (χ0) is 22.5. The Balaban J connectivity index is 1.66. The molecule has 1 aliphatic heterocycles. The highest BCUT2D eigenvalue weighted by atomic mass is 32.2. The first-order valence-electron chi connectivity index (χ1n) is 10.1. The normalized spacial score (nSPS) is 15.9. The van der Waals surface area contributed by atoms with E-state index in [2.05, 4.69) is 5.10 Å². The van der Waals surface area contributed by atoms with Crippen molar-refractivity contribution in [3.05, 3.63) is 46.1 Å². The van der Waals surface area contributed by atoms with Gasteiger partial charge in [-0.2, -0.15) is 9.40 Å². The number of benzene rings is 1. The molecule has 0 atom stereocenters. The average Bonchev–Trinajstić information content (AvgIpc) is 3.01. The van der Waals surface area contributed by atoms with Crippen molar-refractivity contribution in [2.75, 3.05) is 31.1 Å². The lowest BCUT2D eigenvalue weighted by Gasteiger charge is -2.36. The van der Waals surface area contributed by atoms with Crippen molar-refractivity contribution in [3.63, 3.8) is 0 Å². The molecule has 0 saturated carbocycles. The lowest BCUT2D eigenvalue weighted by atomic mass is 10.3. The first kappa shape index (κ1) is 21.4. The van der Waals surface area contributed by atoms with Gasteiger partial charge in [-0.15, -0.1) is 0 Å². The highest BCUT2D eigenvalue weighted by Crippen LogP contribution is 2.24. The Morgan fingerprint density at radius 1 is 1.06 bits per heavy atom. The number of aryl methyl sites for hydroxylation is 2. The summed E-state index contributed by atoms with van der Waals surface area (Å²) in [6.45, 7) is 6.86. The number of piperazine rings is 1. The van der Waals surface area contributed by atoms with Gasteiger partial charge in [-0.05, 0) is 45.0 Å². The third-order valence-corrected chi connectivity index (χ3v) is 7.44. The van der Waals surface area contributed by atoms with Crippen LogP contribution in [-0.2, 0) is 17.1 Å². The summed E-state index contributed by atoms with van der Waals surface area (Å²) in [6, 6.07) is 4.69. The second kappa shape index (κ2) is 7.72. The Hall–Kier alpha value is -2.79. The molecule has 2 aromatic heterocycles. The molecular weight excluding hydrogens is 423 g/mol. The van der Waals surface area contributed by atoms with E-state index in [0.29, 0.717) is 35.8 Å². The zero-order valence-corrected chi connectivity index (χ0v) is 18.7. The van der Waals surface area contributed by atoms with Gasteiger partial charge in [0.05, 0.1) is 10.6 Å². The van der Waals surface area contributed by atoms with E-state index in [0.717, 1.165) is 12.1 Å². The maximum Gasteiger partial charge on any atom is 0.281 e. The van der Waals surface area contributed by atoms with E-state index in [1.165, 1.54) is 16.4 Å². The molecule has 166 valence electrons. The van der Waals surface area contributed by atoms with E-state index in [1.807, 2.05) is 25.7 Å². The molecule has 0 radical (unpaired) electrons. The summed E-state index contributed by atoms with van der Waals surface area (Å²) in [5, 5.41) is 4.33. The minimum absolute atomic E-state index is 0.0620. The van der Waals surface area contributed by atoms with Crippen molar-refractivity contribution in [3.8, 4) is 0 Å². The van der Waals surface area contributed by atoms with Gasteiger partial charge >= 0.3 is 0 Å². The lowest BCUT2D eigenvalue weighted by molar-refractivity contribution is 0.378. The SMILES string of the molecule is Cc1nn(C)c2c(=O)n(C(C)C)c(N3CCN(S(=O)(=O)c4ccc(F)cc4)CC3)nc12.